The maximum atomic E-state index is 12.1. The smallest absolute Gasteiger partial charge is 0.317 e. The van der Waals surface area contributed by atoms with E-state index >= 15 is 0 Å². The number of rotatable bonds is 8. The first-order valence-electron chi connectivity index (χ1n) is 10.3. The molecule has 0 aliphatic heterocycles. The Balaban J connectivity index is 1.75. The van der Waals surface area contributed by atoms with Crippen LogP contribution in [0.15, 0.2) is 60.2 Å². The minimum atomic E-state index is -0.497. The lowest BCUT2D eigenvalue weighted by Gasteiger charge is -2.22. The van der Waals surface area contributed by atoms with Gasteiger partial charge in [0.1, 0.15) is 11.4 Å². The van der Waals surface area contributed by atoms with Crippen LogP contribution in [0.1, 0.15) is 52.0 Å². The number of allylic oxidation sites excluding steroid dienone is 4. The van der Waals surface area contributed by atoms with Gasteiger partial charge in [0.25, 0.3) is 0 Å². The van der Waals surface area contributed by atoms with Crippen LogP contribution < -0.4 is 0 Å². The van der Waals surface area contributed by atoms with E-state index in [4.69, 9.17) is 4.74 Å². The lowest BCUT2D eigenvalue weighted by Crippen LogP contribution is -2.27. The summed E-state index contributed by atoms with van der Waals surface area (Å²) in [5.41, 5.74) is 1.68. The summed E-state index contributed by atoms with van der Waals surface area (Å²) in [6, 6.07) is 9.69. The molecular formula is C25H31NO3. The lowest BCUT2D eigenvalue weighted by atomic mass is 9.94. The van der Waals surface area contributed by atoms with Crippen LogP contribution in [0.2, 0.25) is 0 Å². The summed E-state index contributed by atoms with van der Waals surface area (Å²) in [6.07, 6.45) is 14.3. The van der Waals surface area contributed by atoms with Crippen molar-refractivity contribution in [3.8, 4) is 11.8 Å². The van der Waals surface area contributed by atoms with Gasteiger partial charge in [0, 0.05) is 0 Å². The fourth-order valence-electron chi connectivity index (χ4n) is 3.14. The molecule has 4 nitrogen and oxygen atoms in total. The molecule has 1 aromatic carbocycles. The molecule has 0 aromatic heterocycles. The summed E-state index contributed by atoms with van der Waals surface area (Å²) in [6.45, 7) is 5.57. The molecule has 4 heteroatoms. The molecule has 0 fully saturated rings. The number of ether oxygens (including phenoxy) is 1. The Hall–Kier alpha value is -2.80. The molecule has 0 saturated heterocycles. The van der Waals surface area contributed by atoms with Crippen LogP contribution in [0.4, 0.5) is 0 Å². The van der Waals surface area contributed by atoms with Gasteiger partial charge in [0.2, 0.25) is 0 Å². The highest BCUT2D eigenvalue weighted by Gasteiger charge is 2.22. The summed E-state index contributed by atoms with van der Waals surface area (Å²) in [4.78, 5) is 12.1. The molecule has 0 unspecified atom stereocenters. The van der Waals surface area contributed by atoms with Crippen LogP contribution in [0.25, 0.3) is 0 Å². The van der Waals surface area contributed by atoms with Gasteiger partial charge < -0.3 is 9.84 Å². The minimum Gasteiger partial charge on any atom is -0.508 e. The van der Waals surface area contributed by atoms with Gasteiger partial charge in [-0.2, -0.15) is 5.26 Å². The highest BCUT2D eigenvalue weighted by molar-refractivity contribution is 5.78. The number of nitriles is 1. The molecule has 0 bridgehead atoms. The highest BCUT2D eigenvalue weighted by atomic mass is 16.6. The second-order valence-electron chi connectivity index (χ2n) is 8.45. The number of hydrogen-bond donors (Lipinski definition) is 1. The summed E-state index contributed by atoms with van der Waals surface area (Å²) in [5, 5.41) is 18.8. The number of esters is 1. The molecule has 1 atom stereocenters. The van der Waals surface area contributed by atoms with E-state index in [9.17, 15) is 15.2 Å². The van der Waals surface area contributed by atoms with Crippen LogP contribution in [-0.2, 0) is 16.0 Å². The minimum absolute atomic E-state index is 0.133. The first kappa shape index (κ1) is 22.5. The van der Waals surface area contributed by atoms with Crippen molar-refractivity contribution in [2.75, 3.05) is 0 Å². The molecule has 0 radical (unpaired) electrons. The lowest BCUT2D eigenvalue weighted by molar-refractivity contribution is -0.156. The van der Waals surface area contributed by atoms with E-state index in [1.54, 1.807) is 12.1 Å². The van der Waals surface area contributed by atoms with Crippen LogP contribution in [0, 0.1) is 23.2 Å². The molecule has 0 heterocycles. The van der Waals surface area contributed by atoms with E-state index in [-0.39, 0.29) is 17.8 Å². The number of carbonyl (C=O) groups is 1. The number of aromatic hydroxyl groups is 1. The van der Waals surface area contributed by atoms with Gasteiger partial charge in [-0.05, 0) is 63.3 Å². The van der Waals surface area contributed by atoms with Crippen molar-refractivity contribution < 1.29 is 14.6 Å². The van der Waals surface area contributed by atoms with Gasteiger partial charge in [0.15, 0.2) is 0 Å². The molecule has 0 saturated carbocycles. The first-order chi connectivity index (χ1) is 13.8. The maximum absolute atomic E-state index is 12.1. The SMILES string of the molecule is CC(C)(C)OC(=O)C1C=CC(=C[C@H](C#N)CCCCCc2ccc(O)cc2)C=C1. The summed E-state index contributed by atoms with van der Waals surface area (Å²) in [5.74, 6) is -0.464. The second kappa shape index (κ2) is 10.7. The zero-order valence-corrected chi connectivity index (χ0v) is 17.6. The van der Waals surface area contributed by atoms with Gasteiger partial charge in [-0.15, -0.1) is 0 Å². The third-order valence-electron chi connectivity index (χ3n) is 4.65. The Labute approximate surface area is 174 Å². The molecule has 154 valence electrons. The standard InChI is InChI=1S/C25H31NO3/c1-25(2,3)29-24(28)22-13-9-20(10-14-22)17-21(18-26)8-6-4-5-7-19-11-15-23(27)16-12-19/h9-17,21-22,27H,4-8H2,1-3H3/t21-,22?/m1/s1. The van der Waals surface area contributed by atoms with Crippen LogP contribution in [-0.4, -0.2) is 16.7 Å². The van der Waals surface area contributed by atoms with E-state index < -0.39 is 5.60 Å². The Morgan fingerprint density at radius 3 is 2.41 bits per heavy atom. The topological polar surface area (TPSA) is 70.3 Å². The summed E-state index contributed by atoms with van der Waals surface area (Å²) in [7, 11) is 0. The van der Waals surface area contributed by atoms with E-state index in [0.717, 1.165) is 37.7 Å². The van der Waals surface area contributed by atoms with Crippen LogP contribution in [0.5, 0.6) is 5.75 Å². The average Bonchev–Trinajstić information content (AvgIpc) is 2.67. The summed E-state index contributed by atoms with van der Waals surface area (Å²) >= 11 is 0. The number of benzene rings is 1. The van der Waals surface area contributed by atoms with Crippen molar-refractivity contribution in [3.05, 3.63) is 65.8 Å². The number of phenols is 1. The van der Waals surface area contributed by atoms with Crippen LogP contribution in [0.3, 0.4) is 0 Å². The predicted octanol–water partition coefficient (Wildman–Crippen LogP) is 5.65. The van der Waals surface area contributed by atoms with Crippen LogP contribution >= 0.6 is 0 Å². The van der Waals surface area contributed by atoms with E-state index in [1.807, 2.05) is 63.3 Å². The average molecular weight is 394 g/mol. The number of phenolic OH excluding ortho intramolecular Hbond substituents is 1. The van der Waals surface area contributed by atoms with Crippen molar-refractivity contribution in [3.63, 3.8) is 0 Å². The molecule has 0 amide bonds. The molecule has 1 aromatic rings. The van der Waals surface area contributed by atoms with Gasteiger partial charge >= 0.3 is 5.97 Å². The number of hydrogen-bond acceptors (Lipinski definition) is 4. The van der Waals surface area contributed by atoms with Gasteiger partial charge in [-0.1, -0.05) is 55.4 Å². The van der Waals surface area contributed by atoms with Crippen molar-refractivity contribution in [2.45, 2.75) is 58.5 Å². The Kier molecular flexibility index (Phi) is 8.27. The van der Waals surface area contributed by atoms with E-state index in [2.05, 4.69) is 6.07 Å². The zero-order valence-electron chi connectivity index (χ0n) is 17.6. The predicted molar refractivity (Wildman–Crippen MR) is 115 cm³/mol. The second-order valence-corrected chi connectivity index (χ2v) is 8.45. The van der Waals surface area contributed by atoms with Crippen molar-refractivity contribution in [1.82, 2.24) is 0 Å². The zero-order chi connectivity index (χ0) is 21.3. The largest absolute Gasteiger partial charge is 0.508 e. The van der Waals surface area contributed by atoms with Crippen molar-refractivity contribution in [1.29, 1.82) is 5.26 Å². The maximum Gasteiger partial charge on any atom is 0.317 e. The van der Waals surface area contributed by atoms with E-state index in [0.29, 0.717) is 5.75 Å². The Morgan fingerprint density at radius 2 is 1.83 bits per heavy atom. The number of aryl methyl sites for hydroxylation is 1. The molecule has 1 aliphatic rings. The Bertz CT molecular complexity index is 788. The highest BCUT2D eigenvalue weighted by Crippen LogP contribution is 2.21. The third kappa shape index (κ3) is 8.39. The van der Waals surface area contributed by atoms with Gasteiger partial charge in [-0.3, -0.25) is 4.79 Å². The molecule has 0 spiro atoms. The van der Waals surface area contributed by atoms with E-state index in [1.165, 1.54) is 5.56 Å². The molecular weight excluding hydrogens is 362 g/mol. The number of nitrogens with zero attached hydrogens (tertiary/aromatic N) is 1. The van der Waals surface area contributed by atoms with Gasteiger partial charge in [-0.25, -0.2) is 0 Å². The molecule has 29 heavy (non-hydrogen) atoms. The molecule has 2 rings (SSSR count). The normalized spacial score (nSPS) is 16.9. The van der Waals surface area contributed by atoms with Crippen molar-refractivity contribution in [2.24, 2.45) is 11.8 Å². The number of unbranched alkanes of at least 4 members (excludes halogenated alkanes) is 2. The fraction of sp³-hybridized carbons (Fsp3) is 0.440. The first-order valence-corrected chi connectivity index (χ1v) is 10.3. The fourth-order valence-corrected chi connectivity index (χ4v) is 3.14. The number of carbonyl (C=O) groups excluding carboxylic acids is 1. The molecule has 1 N–H and O–H groups in total. The Morgan fingerprint density at radius 1 is 1.17 bits per heavy atom. The van der Waals surface area contributed by atoms with Gasteiger partial charge in [0.05, 0.1) is 17.9 Å². The third-order valence-corrected chi connectivity index (χ3v) is 4.65. The van der Waals surface area contributed by atoms with Crippen molar-refractivity contribution >= 4 is 5.97 Å². The summed E-state index contributed by atoms with van der Waals surface area (Å²) < 4.78 is 5.40. The molecule has 1 aliphatic carbocycles. The monoisotopic (exact) mass is 393 g/mol. The quantitative estimate of drug-likeness (QED) is 0.458.